The standard InChI is InChI=1S/C8H18NO.BrH/c1-4-5-6-9(2,3)7-8-10;/h4-5,10H,6-8H2,1-3H3;1H/q+1;/p-1/b5-4+;. The van der Waals surface area contributed by atoms with Gasteiger partial charge in [0.2, 0.25) is 0 Å². The quantitative estimate of drug-likeness (QED) is 0.418. The Labute approximate surface area is 79.9 Å². The van der Waals surface area contributed by atoms with Crippen LogP contribution in [0.25, 0.3) is 0 Å². The van der Waals surface area contributed by atoms with Gasteiger partial charge in [0.05, 0.1) is 27.2 Å². The molecule has 3 heteroatoms. The molecule has 0 atom stereocenters. The first-order chi connectivity index (χ1) is 4.62. The number of allylic oxidation sites excluding steroid dienone is 1. The molecule has 1 N–H and O–H groups in total. The molecule has 0 aromatic carbocycles. The molecule has 0 saturated carbocycles. The van der Waals surface area contributed by atoms with Crippen molar-refractivity contribution in [3.8, 4) is 0 Å². The van der Waals surface area contributed by atoms with Crippen molar-refractivity contribution in [2.24, 2.45) is 0 Å². The molecular formula is C8H18BrNO. The third-order valence-corrected chi connectivity index (χ3v) is 1.54. The molecule has 0 bridgehead atoms. The molecule has 0 saturated heterocycles. The van der Waals surface area contributed by atoms with Gasteiger partial charge >= 0.3 is 0 Å². The molecule has 0 unspecified atom stereocenters. The van der Waals surface area contributed by atoms with Crippen molar-refractivity contribution in [2.75, 3.05) is 33.8 Å². The number of likely N-dealkylation sites (N-methyl/N-ethyl adjacent to an activating group) is 1. The van der Waals surface area contributed by atoms with Gasteiger partial charge in [0.25, 0.3) is 0 Å². The Balaban J connectivity index is 0. The third-order valence-electron chi connectivity index (χ3n) is 1.54. The van der Waals surface area contributed by atoms with Crippen molar-refractivity contribution in [2.45, 2.75) is 6.92 Å². The molecule has 0 aromatic heterocycles. The average molecular weight is 224 g/mol. The van der Waals surface area contributed by atoms with Gasteiger partial charge in [-0.25, -0.2) is 0 Å². The Morgan fingerprint density at radius 3 is 2.27 bits per heavy atom. The molecule has 0 heterocycles. The molecule has 0 aliphatic heterocycles. The Kier molecular flexibility index (Phi) is 8.51. The van der Waals surface area contributed by atoms with Crippen molar-refractivity contribution in [3.05, 3.63) is 12.2 Å². The number of quaternary nitrogens is 1. The van der Waals surface area contributed by atoms with Crippen LogP contribution in [0.3, 0.4) is 0 Å². The van der Waals surface area contributed by atoms with Gasteiger partial charge in [-0.05, 0) is 13.0 Å². The average Bonchev–Trinajstić information content (AvgIpc) is 1.84. The maximum atomic E-state index is 8.66. The lowest BCUT2D eigenvalue weighted by Gasteiger charge is -2.27. The lowest BCUT2D eigenvalue weighted by Crippen LogP contribution is -3.00. The van der Waals surface area contributed by atoms with Crippen molar-refractivity contribution >= 4 is 0 Å². The van der Waals surface area contributed by atoms with E-state index in [1.807, 2.05) is 13.0 Å². The Morgan fingerprint density at radius 2 is 1.91 bits per heavy atom. The summed E-state index contributed by atoms with van der Waals surface area (Å²) in [7, 11) is 4.21. The van der Waals surface area contributed by atoms with E-state index in [-0.39, 0.29) is 23.6 Å². The first-order valence-corrected chi connectivity index (χ1v) is 3.66. The number of hydrogen-bond donors (Lipinski definition) is 1. The second-order valence-corrected chi connectivity index (χ2v) is 3.13. The van der Waals surface area contributed by atoms with Gasteiger partial charge < -0.3 is 26.6 Å². The minimum Gasteiger partial charge on any atom is -1.00 e. The smallest absolute Gasteiger partial charge is 0.102 e. The van der Waals surface area contributed by atoms with Crippen molar-refractivity contribution in [3.63, 3.8) is 0 Å². The Morgan fingerprint density at radius 1 is 1.36 bits per heavy atom. The summed E-state index contributed by atoms with van der Waals surface area (Å²) in [6.45, 7) is 4.10. The highest BCUT2D eigenvalue weighted by molar-refractivity contribution is 4.75. The molecule has 0 aliphatic rings. The fourth-order valence-electron chi connectivity index (χ4n) is 0.753. The van der Waals surface area contributed by atoms with Gasteiger partial charge in [-0.3, -0.25) is 0 Å². The molecule has 2 nitrogen and oxygen atoms in total. The Bertz CT molecular complexity index is 113. The number of rotatable bonds is 4. The number of hydrogen-bond acceptors (Lipinski definition) is 1. The van der Waals surface area contributed by atoms with E-state index < -0.39 is 0 Å². The minimum atomic E-state index is 0. The van der Waals surface area contributed by atoms with Crippen LogP contribution in [0.4, 0.5) is 0 Å². The highest BCUT2D eigenvalue weighted by Crippen LogP contribution is 1.95. The summed E-state index contributed by atoms with van der Waals surface area (Å²) in [6, 6.07) is 0. The molecule has 0 spiro atoms. The van der Waals surface area contributed by atoms with E-state index in [1.165, 1.54) is 0 Å². The second kappa shape index (κ2) is 6.83. The topological polar surface area (TPSA) is 20.2 Å². The zero-order chi connectivity index (χ0) is 8.04. The van der Waals surface area contributed by atoms with Crippen LogP contribution in [0.1, 0.15) is 6.92 Å². The number of halogens is 1. The van der Waals surface area contributed by atoms with Gasteiger partial charge in [0.15, 0.2) is 0 Å². The molecule has 0 aromatic rings. The van der Waals surface area contributed by atoms with Gasteiger partial charge in [-0.15, -0.1) is 0 Å². The normalized spacial score (nSPS) is 11.6. The lowest BCUT2D eigenvalue weighted by molar-refractivity contribution is -0.884. The molecule has 0 rings (SSSR count). The minimum absolute atomic E-state index is 0. The highest BCUT2D eigenvalue weighted by atomic mass is 79.9. The summed E-state index contributed by atoms with van der Waals surface area (Å²) in [4.78, 5) is 0. The van der Waals surface area contributed by atoms with E-state index in [2.05, 4.69) is 20.2 Å². The van der Waals surface area contributed by atoms with E-state index in [9.17, 15) is 0 Å². The van der Waals surface area contributed by atoms with Gasteiger partial charge in [-0.2, -0.15) is 0 Å². The van der Waals surface area contributed by atoms with Crippen LogP contribution in [0, 0.1) is 0 Å². The predicted octanol–water partition coefficient (Wildman–Crippen LogP) is -2.36. The SMILES string of the molecule is C/C=C/C[N+](C)(C)CCO.[Br-]. The number of aliphatic hydroxyl groups is 1. The molecule has 0 amide bonds. The first-order valence-electron chi connectivity index (χ1n) is 3.66. The molecular weight excluding hydrogens is 206 g/mol. The van der Waals surface area contributed by atoms with Crippen LogP contribution in [-0.2, 0) is 0 Å². The van der Waals surface area contributed by atoms with Crippen LogP contribution in [0.15, 0.2) is 12.2 Å². The zero-order valence-corrected chi connectivity index (χ0v) is 9.13. The van der Waals surface area contributed by atoms with Crippen molar-refractivity contribution in [1.29, 1.82) is 0 Å². The summed E-state index contributed by atoms with van der Waals surface area (Å²) < 4.78 is 0.862. The monoisotopic (exact) mass is 223 g/mol. The summed E-state index contributed by atoms with van der Waals surface area (Å²) >= 11 is 0. The molecule has 0 radical (unpaired) electrons. The third kappa shape index (κ3) is 8.04. The van der Waals surface area contributed by atoms with Crippen LogP contribution >= 0.6 is 0 Å². The number of nitrogens with zero attached hydrogens (tertiary/aromatic N) is 1. The maximum Gasteiger partial charge on any atom is 0.102 e. The summed E-state index contributed by atoms with van der Waals surface area (Å²) in [5.41, 5.74) is 0. The van der Waals surface area contributed by atoms with Gasteiger partial charge in [0, 0.05) is 0 Å². The maximum absolute atomic E-state index is 8.66. The Hall–Kier alpha value is 0.140. The summed E-state index contributed by atoms with van der Waals surface area (Å²) in [6.07, 6.45) is 4.16. The lowest BCUT2D eigenvalue weighted by atomic mass is 10.4. The zero-order valence-electron chi connectivity index (χ0n) is 7.55. The van der Waals surface area contributed by atoms with Crippen LogP contribution < -0.4 is 17.0 Å². The predicted molar refractivity (Wildman–Crippen MR) is 43.7 cm³/mol. The molecule has 0 aliphatic carbocycles. The van der Waals surface area contributed by atoms with Crippen LogP contribution in [0.5, 0.6) is 0 Å². The van der Waals surface area contributed by atoms with Crippen molar-refractivity contribution < 1.29 is 26.6 Å². The van der Waals surface area contributed by atoms with E-state index in [0.29, 0.717) is 0 Å². The fraction of sp³-hybridized carbons (Fsp3) is 0.750. The first kappa shape index (κ1) is 13.7. The highest BCUT2D eigenvalue weighted by Gasteiger charge is 2.09. The summed E-state index contributed by atoms with van der Waals surface area (Å²) in [5, 5.41) is 8.66. The van der Waals surface area contributed by atoms with Crippen LogP contribution in [0.2, 0.25) is 0 Å². The van der Waals surface area contributed by atoms with E-state index in [0.717, 1.165) is 17.6 Å². The molecule has 68 valence electrons. The van der Waals surface area contributed by atoms with Crippen LogP contribution in [-0.4, -0.2) is 43.4 Å². The largest absolute Gasteiger partial charge is 1.00 e. The summed E-state index contributed by atoms with van der Waals surface area (Å²) in [5.74, 6) is 0. The van der Waals surface area contributed by atoms with E-state index in [4.69, 9.17) is 5.11 Å². The second-order valence-electron chi connectivity index (χ2n) is 3.13. The van der Waals surface area contributed by atoms with E-state index >= 15 is 0 Å². The van der Waals surface area contributed by atoms with Gasteiger partial charge in [-0.1, -0.05) is 6.08 Å². The van der Waals surface area contributed by atoms with Crippen molar-refractivity contribution in [1.82, 2.24) is 0 Å². The molecule has 0 fully saturated rings. The fourth-order valence-corrected chi connectivity index (χ4v) is 0.753. The number of aliphatic hydroxyl groups excluding tert-OH is 1. The molecule has 11 heavy (non-hydrogen) atoms. The van der Waals surface area contributed by atoms with Gasteiger partial charge in [0.1, 0.15) is 6.54 Å². The van der Waals surface area contributed by atoms with E-state index in [1.54, 1.807) is 0 Å².